The number of hydrogen-bond acceptors (Lipinski definition) is 5. The SMILES string of the molecule is CC1(C)OB(c2ccc(-c3nc(-c4cccnc4)cc(-c4cccc5ccccc45)n3)cc2)OC1(C)C. The van der Waals surface area contributed by atoms with Crippen LogP contribution in [-0.2, 0) is 9.31 Å². The number of rotatable bonds is 4. The second kappa shape index (κ2) is 8.91. The lowest BCUT2D eigenvalue weighted by Gasteiger charge is -2.32. The maximum absolute atomic E-state index is 6.23. The molecular formula is C31H28BN3O2. The Labute approximate surface area is 217 Å². The lowest BCUT2D eigenvalue weighted by Crippen LogP contribution is -2.41. The summed E-state index contributed by atoms with van der Waals surface area (Å²) in [6.07, 6.45) is 3.60. The van der Waals surface area contributed by atoms with E-state index in [2.05, 4.69) is 75.1 Å². The lowest BCUT2D eigenvalue weighted by atomic mass is 9.79. The molecule has 0 unspecified atom stereocenters. The van der Waals surface area contributed by atoms with E-state index in [1.165, 1.54) is 5.39 Å². The summed E-state index contributed by atoms with van der Waals surface area (Å²) in [6.45, 7) is 8.25. The van der Waals surface area contributed by atoms with Crippen molar-refractivity contribution in [3.05, 3.63) is 97.3 Å². The fourth-order valence-corrected chi connectivity index (χ4v) is 4.59. The Balaban J connectivity index is 1.44. The van der Waals surface area contributed by atoms with Crippen molar-refractivity contribution in [1.29, 1.82) is 0 Å². The van der Waals surface area contributed by atoms with E-state index in [0.717, 1.165) is 38.9 Å². The van der Waals surface area contributed by atoms with Crippen molar-refractivity contribution in [2.24, 2.45) is 0 Å². The Kier molecular flexibility index (Phi) is 5.66. The second-order valence-electron chi connectivity index (χ2n) is 10.4. The van der Waals surface area contributed by atoms with Crippen LogP contribution in [0.15, 0.2) is 97.3 Å². The molecule has 0 bridgehead atoms. The van der Waals surface area contributed by atoms with Gasteiger partial charge >= 0.3 is 7.12 Å². The van der Waals surface area contributed by atoms with Crippen LogP contribution in [0.5, 0.6) is 0 Å². The van der Waals surface area contributed by atoms with Crippen LogP contribution >= 0.6 is 0 Å². The van der Waals surface area contributed by atoms with Crippen molar-refractivity contribution in [3.8, 4) is 33.9 Å². The van der Waals surface area contributed by atoms with Gasteiger partial charge in [0.25, 0.3) is 0 Å². The van der Waals surface area contributed by atoms with E-state index in [1.54, 1.807) is 6.20 Å². The highest BCUT2D eigenvalue weighted by atomic mass is 16.7. The Bertz CT molecular complexity index is 1560. The maximum Gasteiger partial charge on any atom is 0.494 e. The standard InChI is InChI=1S/C31H28BN3O2/c1-30(2)31(3,4)37-32(36-30)24-16-14-22(15-17-24)29-34-27(23-11-8-18-33-20-23)19-28(35-29)26-13-7-10-21-9-5-6-12-25(21)26/h5-20H,1-4H3. The molecule has 0 amide bonds. The molecular weight excluding hydrogens is 457 g/mol. The van der Waals surface area contributed by atoms with Gasteiger partial charge in [-0.3, -0.25) is 4.98 Å². The zero-order valence-corrected chi connectivity index (χ0v) is 21.5. The molecule has 182 valence electrons. The van der Waals surface area contributed by atoms with Gasteiger partial charge in [-0.05, 0) is 62.1 Å². The van der Waals surface area contributed by atoms with Crippen LogP contribution in [0.25, 0.3) is 44.7 Å². The van der Waals surface area contributed by atoms with Gasteiger partial charge in [0.15, 0.2) is 5.82 Å². The number of nitrogens with zero attached hydrogens (tertiary/aromatic N) is 3. The Morgan fingerprint density at radius 2 is 1.38 bits per heavy atom. The average molecular weight is 485 g/mol. The smallest absolute Gasteiger partial charge is 0.399 e. The van der Waals surface area contributed by atoms with Crippen LogP contribution in [0.1, 0.15) is 27.7 Å². The molecule has 1 saturated heterocycles. The predicted molar refractivity (Wildman–Crippen MR) is 149 cm³/mol. The van der Waals surface area contributed by atoms with E-state index in [-0.39, 0.29) is 11.2 Å². The average Bonchev–Trinajstić information content (AvgIpc) is 3.15. The topological polar surface area (TPSA) is 57.1 Å². The van der Waals surface area contributed by atoms with E-state index in [0.29, 0.717) is 5.82 Å². The van der Waals surface area contributed by atoms with Crippen LogP contribution in [-0.4, -0.2) is 33.3 Å². The molecule has 3 aromatic carbocycles. The van der Waals surface area contributed by atoms with Gasteiger partial charge in [-0.25, -0.2) is 9.97 Å². The highest BCUT2D eigenvalue weighted by Crippen LogP contribution is 2.37. The van der Waals surface area contributed by atoms with E-state index in [9.17, 15) is 0 Å². The van der Waals surface area contributed by atoms with Crippen LogP contribution < -0.4 is 5.46 Å². The van der Waals surface area contributed by atoms with Gasteiger partial charge in [-0.15, -0.1) is 0 Å². The quantitative estimate of drug-likeness (QED) is 0.279. The molecule has 6 rings (SSSR count). The number of pyridine rings is 1. The van der Waals surface area contributed by atoms with E-state index >= 15 is 0 Å². The summed E-state index contributed by atoms with van der Waals surface area (Å²) in [5.74, 6) is 0.657. The van der Waals surface area contributed by atoms with Crippen LogP contribution in [0.3, 0.4) is 0 Å². The number of hydrogen-bond donors (Lipinski definition) is 0. The van der Waals surface area contributed by atoms with Crippen molar-refractivity contribution in [2.45, 2.75) is 38.9 Å². The fraction of sp³-hybridized carbons (Fsp3) is 0.194. The summed E-state index contributed by atoms with van der Waals surface area (Å²) in [5, 5.41) is 2.33. The molecule has 1 fully saturated rings. The first-order chi connectivity index (χ1) is 17.8. The zero-order chi connectivity index (χ0) is 25.6. The third-order valence-electron chi connectivity index (χ3n) is 7.44. The molecule has 0 aliphatic carbocycles. The third kappa shape index (κ3) is 4.33. The maximum atomic E-state index is 6.23. The van der Waals surface area contributed by atoms with Crippen LogP contribution in [0, 0.1) is 0 Å². The predicted octanol–water partition coefficient (Wildman–Crippen LogP) is 6.33. The molecule has 6 heteroatoms. The third-order valence-corrected chi connectivity index (χ3v) is 7.44. The second-order valence-corrected chi connectivity index (χ2v) is 10.4. The minimum absolute atomic E-state index is 0.384. The van der Waals surface area contributed by atoms with Crippen molar-refractivity contribution < 1.29 is 9.31 Å². The molecule has 0 saturated carbocycles. The first-order valence-corrected chi connectivity index (χ1v) is 12.5. The van der Waals surface area contributed by atoms with Gasteiger partial charge < -0.3 is 9.31 Å². The Hall–Kier alpha value is -3.87. The van der Waals surface area contributed by atoms with E-state index in [4.69, 9.17) is 19.3 Å². The van der Waals surface area contributed by atoms with Crippen molar-refractivity contribution in [3.63, 3.8) is 0 Å². The van der Waals surface area contributed by atoms with Crippen molar-refractivity contribution in [1.82, 2.24) is 15.0 Å². The largest absolute Gasteiger partial charge is 0.494 e. The molecule has 1 aliphatic rings. The molecule has 37 heavy (non-hydrogen) atoms. The summed E-state index contributed by atoms with van der Waals surface area (Å²) in [7, 11) is -0.409. The fourth-order valence-electron chi connectivity index (χ4n) is 4.59. The Morgan fingerprint density at radius 1 is 0.676 bits per heavy atom. The summed E-state index contributed by atoms with van der Waals surface area (Å²) in [6, 6.07) is 28.8. The molecule has 1 aliphatic heterocycles. The molecule has 0 radical (unpaired) electrons. The van der Waals surface area contributed by atoms with Crippen molar-refractivity contribution in [2.75, 3.05) is 0 Å². The molecule has 2 aromatic heterocycles. The van der Waals surface area contributed by atoms with Crippen molar-refractivity contribution >= 4 is 23.4 Å². The number of fused-ring (bicyclic) bond motifs is 1. The minimum atomic E-state index is -0.409. The normalized spacial score (nSPS) is 16.3. The van der Waals surface area contributed by atoms with Gasteiger partial charge in [0.2, 0.25) is 0 Å². The lowest BCUT2D eigenvalue weighted by molar-refractivity contribution is 0.00578. The Morgan fingerprint density at radius 3 is 2.11 bits per heavy atom. The van der Waals surface area contributed by atoms with Gasteiger partial charge in [-0.2, -0.15) is 0 Å². The molecule has 3 heterocycles. The highest BCUT2D eigenvalue weighted by Gasteiger charge is 2.51. The van der Waals surface area contributed by atoms with Gasteiger partial charge in [0.05, 0.1) is 22.6 Å². The number of aromatic nitrogens is 3. The highest BCUT2D eigenvalue weighted by molar-refractivity contribution is 6.62. The molecule has 0 spiro atoms. The van der Waals surface area contributed by atoms with Gasteiger partial charge in [-0.1, -0.05) is 66.7 Å². The number of benzene rings is 3. The summed E-state index contributed by atoms with van der Waals surface area (Å²) in [4.78, 5) is 14.3. The summed E-state index contributed by atoms with van der Waals surface area (Å²) >= 11 is 0. The zero-order valence-electron chi connectivity index (χ0n) is 21.5. The van der Waals surface area contributed by atoms with Crippen LogP contribution in [0.4, 0.5) is 0 Å². The summed E-state index contributed by atoms with van der Waals surface area (Å²) in [5.41, 5.74) is 4.84. The molecule has 0 atom stereocenters. The summed E-state index contributed by atoms with van der Waals surface area (Å²) < 4.78 is 12.5. The van der Waals surface area contributed by atoms with Crippen LogP contribution in [0.2, 0.25) is 0 Å². The monoisotopic (exact) mass is 485 g/mol. The first-order valence-electron chi connectivity index (χ1n) is 12.5. The molecule has 0 N–H and O–H groups in total. The van der Waals surface area contributed by atoms with Gasteiger partial charge in [0.1, 0.15) is 0 Å². The van der Waals surface area contributed by atoms with E-state index < -0.39 is 7.12 Å². The molecule has 5 aromatic rings. The van der Waals surface area contributed by atoms with Gasteiger partial charge in [0, 0.05) is 29.1 Å². The first kappa shape index (κ1) is 23.5. The van der Waals surface area contributed by atoms with E-state index in [1.807, 2.05) is 48.7 Å². The molecule has 5 nitrogen and oxygen atoms in total. The minimum Gasteiger partial charge on any atom is -0.399 e.